The van der Waals surface area contributed by atoms with Gasteiger partial charge in [-0.15, -0.1) is 0 Å². The Morgan fingerprint density at radius 1 is 1.09 bits per heavy atom. The van der Waals surface area contributed by atoms with Gasteiger partial charge in [-0.1, -0.05) is 12.1 Å². The molecule has 0 atom stereocenters. The Labute approximate surface area is 128 Å². The molecular formula is C18H16O4. The number of carbonyl (C=O) groups is 1. The van der Waals surface area contributed by atoms with Crippen molar-refractivity contribution in [3.63, 3.8) is 0 Å². The Balaban J connectivity index is 2.12. The van der Waals surface area contributed by atoms with Crippen molar-refractivity contribution in [2.24, 2.45) is 0 Å². The van der Waals surface area contributed by atoms with Crippen molar-refractivity contribution < 1.29 is 18.7 Å². The fraction of sp³-hybridized carbons (Fsp3) is 0.167. The number of benzene rings is 1. The number of ether oxygens (including phenoxy) is 2. The van der Waals surface area contributed by atoms with Gasteiger partial charge in [0.15, 0.2) is 0 Å². The number of esters is 1. The summed E-state index contributed by atoms with van der Waals surface area (Å²) in [5.74, 6) is 1.22. The lowest BCUT2D eigenvalue weighted by atomic mass is 10.0. The summed E-state index contributed by atoms with van der Waals surface area (Å²) in [6.45, 7) is 0. The number of methoxy groups -OCH3 is 2. The summed E-state index contributed by atoms with van der Waals surface area (Å²) in [6, 6.07) is 13.5. The molecule has 1 heterocycles. The molecule has 0 unspecified atom stereocenters. The van der Waals surface area contributed by atoms with E-state index < -0.39 is 0 Å². The van der Waals surface area contributed by atoms with Crippen molar-refractivity contribution in [1.29, 1.82) is 0 Å². The molecule has 0 saturated carbocycles. The van der Waals surface area contributed by atoms with Crippen LogP contribution in [-0.4, -0.2) is 20.2 Å². The summed E-state index contributed by atoms with van der Waals surface area (Å²) in [4.78, 5) is 11.7. The van der Waals surface area contributed by atoms with Crippen LogP contribution in [0.15, 0.2) is 53.1 Å². The van der Waals surface area contributed by atoms with Crippen LogP contribution >= 0.6 is 0 Å². The fourth-order valence-electron chi connectivity index (χ4n) is 2.54. The molecular weight excluding hydrogens is 280 g/mol. The van der Waals surface area contributed by atoms with E-state index in [1.54, 1.807) is 13.4 Å². The van der Waals surface area contributed by atoms with E-state index in [1.165, 1.54) is 7.11 Å². The molecule has 1 aliphatic carbocycles. The molecule has 4 heteroatoms. The van der Waals surface area contributed by atoms with Crippen LogP contribution in [0.2, 0.25) is 0 Å². The van der Waals surface area contributed by atoms with Crippen molar-refractivity contribution in [2.45, 2.75) is 6.42 Å². The van der Waals surface area contributed by atoms with Gasteiger partial charge in [0.05, 0.1) is 26.9 Å². The molecule has 0 saturated heterocycles. The topological polar surface area (TPSA) is 48.7 Å². The molecule has 2 aliphatic rings. The van der Waals surface area contributed by atoms with Crippen LogP contribution in [0.3, 0.4) is 0 Å². The molecule has 22 heavy (non-hydrogen) atoms. The monoisotopic (exact) mass is 296 g/mol. The average molecular weight is 296 g/mol. The molecule has 0 spiro atoms. The van der Waals surface area contributed by atoms with Gasteiger partial charge >= 0.3 is 5.97 Å². The highest BCUT2D eigenvalue weighted by Crippen LogP contribution is 2.38. The van der Waals surface area contributed by atoms with Gasteiger partial charge in [0.2, 0.25) is 0 Å². The zero-order valence-electron chi connectivity index (χ0n) is 12.5. The Hall–Kier alpha value is -2.75. The molecule has 0 aromatic heterocycles. The zero-order valence-corrected chi connectivity index (χ0v) is 12.5. The molecule has 0 N–H and O–H groups in total. The number of hydrogen-bond acceptors (Lipinski definition) is 4. The molecule has 0 bridgehead atoms. The Bertz CT molecular complexity index is 755. The first kappa shape index (κ1) is 14.2. The molecule has 112 valence electrons. The molecule has 0 fully saturated rings. The van der Waals surface area contributed by atoms with Gasteiger partial charge in [0, 0.05) is 11.1 Å². The van der Waals surface area contributed by atoms with E-state index in [-0.39, 0.29) is 12.4 Å². The number of carbonyl (C=O) groups excluding carboxylic acids is 1. The lowest BCUT2D eigenvalue weighted by Crippen LogP contribution is -2.05. The van der Waals surface area contributed by atoms with Gasteiger partial charge in [0.25, 0.3) is 0 Å². The predicted octanol–water partition coefficient (Wildman–Crippen LogP) is 3.78. The first-order chi connectivity index (χ1) is 10.7. The van der Waals surface area contributed by atoms with E-state index in [0.29, 0.717) is 0 Å². The Morgan fingerprint density at radius 2 is 1.86 bits per heavy atom. The lowest BCUT2D eigenvalue weighted by molar-refractivity contribution is -0.139. The molecule has 4 nitrogen and oxygen atoms in total. The molecule has 3 rings (SSSR count). The fourth-order valence-corrected chi connectivity index (χ4v) is 2.54. The SMILES string of the molecule is COC(=O)Cc1c(-c2ccc(OC)cc2)cc2cccoc1-2. The molecule has 0 amide bonds. The second kappa shape index (κ2) is 5.93. The van der Waals surface area contributed by atoms with Crippen LogP contribution in [0.5, 0.6) is 5.75 Å². The summed E-state index contributed by atoms with van der Waals surface area (Å²) in [5.41, 5.74) is 3.78. The summed E-state index contributed by atoms with van der Waals surface area (Å²) < 4.78 is 15.6. The third-order valence-electron chi connectivity index (χ3n) is 3.65. The van der Waals surface area contributed by atoms with Crippen LogP contribution in [-0.2, 0) is 16.0 Å². The maximum absolute atomic E-state index is 11.7. The minimum Gasteiger partial charge on any atom is -0.497 e. The average Bonchev–Trinajstić information content (AvgIpc) is 2.93. The Morgan fingerprint density at radius 3 is 2.55 bits per heavy atom. The van der Waals surface area contributed by atoms with Crippen LogP contribution in [0.25, 0.3) is 22.5 Å². The first-order valence-corrected chi connectivity index (χ1v) is 6.93. The van der Waals surface area contributed by atoms with Gasteiger partial charge in [-0.3, -0.25) is 4.79 Å². The van der Waals surface area contributed by atoms with E-state index in [0.717, 1.165) is 33.8 Å². The van der Waals surface area contributed by atoms with Gasteiger partial charge < -0.3 is 13.9 Å². The second-order valence-corrected chi connectivity index (χ2v) is 4.92. The summed E-state index contributed by atoms with van der Waals surface area (Å²) in [7, 11) is 3.02. The molecule has 1 aliphatic heterocycles. The van der Waals surface area contributed by atoms with Crippen molar-refractivity contribution in [1.82, 2.24) is 0 Å². The number of rotatable bonds is 4. The zero-order chi connectivity index (χ0) is 15.5. The minimum absolute atomic E-state index is 0.175. The molecule has 1 aromatic rings. The summed E-state index contributed by atoms with van der Waals surface area (Å²) >= 11 is 0. The van der Waals surface area contributed by atoms with E-state index >= 15 is 0 Å². The van der Waals surface area contributed by atoms with E-state index in [4.69, 9.17) is 13.9 Å². The van der Waals surface area contributed by atoms with Gasteiger partial charge in [-0.2, -0.15) is 0 Å². The number of hydrogen-bond donors (Lipinski definition) is 0. The predicted molar refractivity (Wildman–Crippen MR) is 83.0 cm³/mol. The van der Waals surface area contributed by atoms with Crippen molar-refractivity contribution in [3.8, 4) is 28.2 Å². The highest BCUT2D eigenvalue weighted by molar-refractivity contribution is 5.87. The van der Waals surface area contributed by atoms with E-state index in [2.05, 4.69) is 0 Å². The largest absolute Gasteiger partial charge is 0.497 e. The lowest BCUT2D eigenvalue weighted by Gasteiger charge is -2.06. The first-order valence-electron chi connectivity index (χ1n) is 6.93. The highest BCUT2D eigenvalue weighted by Gasteiger charge is 2.21. The van der Waals surface area contributed by atoms with E-state index in [1.807, 2.05) is 42.5 Å². The standard InChI is InChI=1S/C18H16O4/c1-20-14-7-5-12(6-8-14)15-10-13-4-3-9-22-18(13)16(15)11-17(19)21-2/h3-10H,11H2,1-2H3. The van der Waals surface area contributed by atoms with Crippen LogP contribution in [0.4, 0.5) is 0 Å². The smallest absolute Gasteiger partial charge is 0.310 e. The summed E-state index contributed by atoms with van der Waals surface area (Å²) in [5, 5.41) is 0. The third kappa shape index (κ3) is 2.55. The maximum Gasteiger partial charge on any atom is 0.310 e. The van der Waals surface area contributed by atoms with E-state index in [9.17, 15) is 4.79 Å². The van der Waals surface area contributed by atoms with Gasteiger partial charge in [-0.05, 0) is 41.5 Å². The Kier molecular flexibility index (Phi) is 3.83. The van der Waals surface area contributed by atoms with Crippen molar-refractivity contribution in [2.75, 3.05) is 14.2 Å². The quantitative estimate of drug-likeness (QED) is 0.688. The highest BCUT2D eigenvalue weighted by atomic mass is 16.5. The van der Waals surface area contributed by atoms with Crippen LogP contribution < -0.4 is 4.74 Å². The third-order valence-corrected chi connectivity index (χ3v) is 3.65. The van der Waals surface area contributed by atoms with Gasteiger partial charge in [0.1, 0.15) is 11.5 Å². The summed E-state index contributed by atoms with van der Waals surface area (Å²) in [6.07, 6.45) is 1.79. The van der Waals surface area contributed by atoms with Crippen molar-refractivity contribution >= 4 is 5.97 Å². The minimum atomic E-state index is -0.290. The molecule has 1 aromatic carbocycles. The maximum atomic E-state index is 11.7. The number of fused-ring (bicyclic) bond motifs is 1. The second-order valence-electron chi connectivity index (χ2n) is 4.92. The van der Waals surface area contributed by atoms with Crippen LogP contribution in [0.1, 0.15) is 5.56 Å². The molecule has 0 radical (unpaired) electrons. The van der Waals surface area contributed by atoms with Crippen molar-refractivity contribution in [3.05, 3.63) is 54.3 Å². The normalized spacial score (nSPS) is 10.6. The van der Waals surface area contributed by atoms with Crippen LogP contribution in [0, 0.1) is 0 Å². The van der Waals surface area contributed by atoms with Gasteiger partial charge in [-0.25, -0.2) is 0 Å².